The Morgan fingerprint density at radius 1 is 1.14 bits per heavy atom. The van der Waals surface area contributed by atoms with Crippen molar-refractivity contribution in [1.29, 1.82) is 0 Å². The molecule has 0 saturated carbocycles. The second-order valence-corrected chi connectivity index (χ2v) is 6.50. The molecule has 0 aliphatic carbocycles. The van der Waals surface area contributed by atoms with Crippen LogP contribution in [-0.2, 0) is 11.3 Å². The van der Waals surface area contributed by atoms with Gasteiger partial charge in [-0.1, -0.05) is 0 Å². The Hall–Kier alpha value is -2.12. The van der Waals surface area contributed by atoms with Crippen molar-refractivity contribution in [3.8, 4) is 11.5 Å². The smallest absolute Gasteiger partial charge is 0.145 e. The quantitative estimate of drug-likeness (QED) is 0.875. The van der Waals surface area contributed by atoms with Gasteiger partial charge in [0.15, 0.2) is 0 Å². The molecule has 1 unspecified atom stereocenters. The summed E-state index contributed by atoms with van der Waals surface area (Å²) in [5, 5.41) is 0. The largest absolute Gasteiger partial charge is 0.755 e. The summed E-state index contributed by atoms with van der Waals surface area (Å²) in [7, 11) is 0. The van der Waals surface area contributed by atoms with Crippen LogP contribution in [0.2, 0.25) is 0 Å². The topological polar surface area (TPSA) is 91.5 Å². The lowest BCUT2D eigenvalue weighted by molar-refractivity contribution is 0.479. The highest BCUT2D eigenvalue weighted by molar-refractivity contribution is 7.80. The molecule has 0 saturated heterocycles. The van der Waals surface area contributed by atoms with Crippen molar-refractivity contribution in [1.82, 2.24) is 4.98 Å². The molecule has 6 nitrogen and oxygen atoms in total. The third kappa shape index (κ3) is 3.96. The summed E-state index contributed by atoms with van der Waals surface area (Å²) in [4.78, 5) is 3.94. The van der Waals surface area contributed by atoms with E-state index in [2.05, 4.69) is 4.98 Å². The molecule has 1 aromatic carbocycles. The molecule has 0 fully saturated rings. The first-order valence-corrected chi connectivity index (χ1v) is 7.69. The average molecular weight is 320 g/mol. The molecule has 0 bridgehead atoms. The maximum atomic E-state index is 11.4. The van der Waals surface area contributed by atoms with Gasteiger partial charge in [0, 0.05) is 22.5 Å². The Morgan fingerprint density at radius 2 is 1.73 bits per heavy atom. The molecule has 2 aromatic rings. The SMILES string of the molecule is CC(C)(C)N(c1ccc(Oc2ccc(N)nc2)cc1)S(=O)[O-]. The second-order valence-electron chi connectivity index (χ2n) is 5.70. The van der Waals surface area contributed by atoms with Crippen molar-refractivity contribution in [3.05, 3.63) is 42.6 Å². The van der Waals surface area contributed by atoms with E-state index in [4.69, 9.17) is 10.5 Å². The standard InChI is InChI=1S/C15H19N3O3S/c1-15(2,3)18(22(19)20)11-4-6-12(7-5-11)21-13-8-9-14(16)17-10-13/h4-10H,1-3H3,(H2,16,17)(H,19,20)/p-1. The Kier molecular flexibility index (Phi) is 4.68. The summed E-state index contributed by atoms with van der Waals surface area (Å²) >= 11 is -2.35. The molecule has 0 spiro atoms. The summed E-state index contributed by atoms with van der Waals surface area (Å²) in [5.41, 5.74) is 5.54. The Morgan fingerprint density at radius 3 is 2.18 bits per heavy atom. The predicted octanol–water partition coefficient (Wildman–Crippen LogP) is 2.86. The van der Waals surface area contributed by atoms with Gasteiger partial charge in [0.1, 0.15) is 17.3 Å². The minimum atomic E-state index is -2.35. The normalized spacial score (nSPS) is 12.7. The van der Waals surface area contributed by atoms with Crippen molar-refractivity contribution in [2.45, 2.75) is 26.3 Å². The summed E-state index contributed by atoms with van der Waals surface area (Å²) in [5.74, 6) is 1.56. The van der Waals surface area contributed by atoms with E-state index in [1.165, 1.54) is 10.5 Å². The Balaban J connectivity index is 2.19. The van der Waals surface area contributed by atoms with Gasteiger partial charge in [-0.15, -0.1) is 0 Å². The number of nitrogen functional groups attached to an aromatic ring is 1. The number of anilines is 2. The molecule has 1 atom stereocenters. The number of hydrogen-bond donors (Lipinski definition) is 1. The van der Waals surface area contributed by atoms with Crippen LogP contribution in [0.4, 0.5) is 11.5 Å². The maximum absolute atomic E-state index is 11.4. The molecule has 7 heteroatoms. The molecule has 118 valence electrons. The van der Waals surface area contributed by atoms with Gasteiger partial charge in [-0.25, -0.2) is 4.98 Å². The predicted molar refractivity (Wildman–Crippen MR) is 86.3 cm³/mol. The molecule has 2 rings (SSSR count). The van der Waals surface area contributed by atoms with Crippen LogP contribution in [0.25, 0.3) is 0 Å². The first kappa shape index (κ1) is 16.3. The van der Waals surface area contributed by atoms with E-state index in [1.54, 1.807) is 36.4 Å². The van der Waals surface area contributed by atoms with E-state index in [-0.39, 0.29) is 0 Å². The number of aromatic nitrogens is 1. The molecular weight excluding hydrogens is 302 g/mol. The average Bonchev–Trinajstić information content (AvgIpc) is 2.41. The third-order valence-electron chi connectivity index (χ3n) is 2.82. The van der Waals surface area contributed by atoms with Gasteiger partial charge in [-0.3, -0.25) is 8.51 Å². The van der Waals surface area contributed by atoms with E-state index in [0.29, 0.717) is 23.0 Å². The van der Waals surface area contributed by atoms with Crippen LogP contribution in [-0.4, -0.2) is 19.3 Å². The fraction of sp³-hybridized carbons (Fsp3) is 0.267. The van der Waals surface area contributed by atoms with Crippen molar-refractivity contribution in [2.24, 2.45) is 0 Å². The maximum Gasteiger partial charge on any atom is 0.145 e. The van der Waals surface area contributed by atoms with Gasteiger partial charge in [0.05, 0.1) is 6.20 Å². The van der Waals surface area contributed by atoms with Gasteiger partial charge in [-0.2, -0.15) is 0 Å². The van der Waals surface area contributed by atoms with Gasteiger partial charge in [-0.05, 0) is 57.2 Å². The second kappa shape index (κ2) is 6.33. The van der Waals surface area contributed by atoms with Crippen LogP contribution in [0.15, 0.2) is 42.6 Å². The lowest BCUT2D eigenvalue weighted by atomic mass is 10.1. The highest BCUT2D eigenvalue weighted by Gasteiger charge is 2.22. The number of nitrogens with two attached hydrogens (primary N) is 1. The van der Waals surface area contributed by atoms with E-state index < -0.39 is 16.8 Å². The summed E-state index contributed by atoms with van der Waals surface area (Å²) < 4.78 is 29.8. The first-order chi connectivity index (χ1) is 10.3. The lowest BCUT2D eigenvalue weighted by Crippen LogP contribution is -2.42. The number of nitrogens with zero attached hydrogens (tertiary/aromatic N) is 2. The zero-order chi connectivity index (χ0) is 16.3. The molecule has 1 heterocycles. The van der Waals surface area contributed by atoms with Crippen LogP contribution in [0, 0.1) is 0 Å². The molecule has 0 amide bonds. The number of rotatable bonds is 4. The van der Waals surface area contributed by atoms with Crippen molar-refractivity contribution in [3.63, 3.8) is 0 Å². The highest BCUT2D eigenvalue weighted by atomic mass is 32.2. The van der Waals surface area contributed by atoms with E-state index >= 15 is 0 Å². The summed E-state index contributed by atoms with van der Waals surface area (Å²) in [6.07, 6.45) is 1.53. The van der Waals surface area contributed by atoms with Crippen LogP contribution in [0.3, 0.4) is 0 Å². The van der Waals surface area contributed by atoms with Crippen LogP contribution < -0.4 is 14.8 Å². The number of pyridine rings is 1. The minimum absolute atomic E-state index is 0.418. The molecule has 0 aliphatic rings. The minimum Gasteiger partial charge on any atom is -0.755 e. The monoisotopic (exact) mass is 320 g/mol. The van der Waals surface area contributed by atoms with Gasteiger partial charge < -0.3 is 15.0 Å². The van der Waals surface area contributed by atoms with E-state index in [0.717, 1.165) is 0 Å². The fourth-order valence-corrected chi connectivity index (χ4v) is 2.68. The Labute approximate surface area is 132 Å². The molecule has 2 N–H and O–H groups in total. The van der Waals surface area contributed by atoms with Crippen LogP contribution in [0.5, 0.6) is 11.5 Å². The summed E-state index contributed by atoms with van der Waals surface area (Å²) in [6, 6.07) is 10.2. The molecular formula is C15H18N3O3S-. The number of benzene rings is 1. The fourth-order valence-electron chi connectivity index (χ4n) is 1.93. The highest BCUT2D eigenvalue weighted by Crippen LogP contribution is 2.28. The zero-order valence-electron chi connectivity index (χ0n) is 12.6. The summed E-state index contributed by atoms with van der Waals surface area (Å²) in [6.45, 7) is 5.48. The van der Waals surface area contributed by atoms with Crippen LogP contribution >= 0.6 is 0 Å². The molecule has 0 aliphatic heterocycles. The third-order valence-corrected chi connectivity index (χ3v) is 3.88. The first-order valence-electron chi connectivity index (χ1n) is 6.66. The van der Waals surface area contributed by atoms with Crippen molar-refractivity contribution < 1.29 is 13.5 Å². The Bertz CT molecular complexity index is 651. The molecule has 22 heavy (non-hydrogen) atoms. The van der Waals surface area contributed by atoms with E-state index in [1.807, 2.05) is 20.8 Å². The van der Waals surface area contributed by atoms with Gasteiger partial charge >= 0.3 is 0 Å². The van der Waals surface area contributed by atoms with Crippen molar-refractivity contribution in [2.75, 3.05) is 10.0 Å². The van der Waals surface area contributed by atoms with E-state index in [9.17, 15) is 8.76 Å². The number of hydrogen-bond acceptors (Lipinski definition) is 5. The molecule has 0 radical (unpaired) electrons. The van der Waals surface area contributed by atoms with Crippen molar-refractivity contribution >= 4 is 22.8 Å². The van der Waals surface area contributed by atoms with Gasteiger partial charge in [0.2, 0.25) is 0 Å². The zero-order valence-corrected chi connectivity index (χ0v) is 13.5. The number of ether oxygens (including phenoxy) is 1. The van der Waals surface area contributed by atoms with Crippen LogP contribution in [0.1, 0.15) is 20.8 Å². The lowest BCUT2D eigenvalue weighted by Gasteiger charge is -2.38. The van der Waals surface area contributed by atoms with Gasteiger partial charge in [0.25, 0.3) is 0 Å². The molecule has 1 aromatic heterocycles.